The van der Waals surface area contributed by atoms with Crippen LogP contribution in [0, 0.1) is 0 Å². The molecule has 0 radical (unpaired) electrons. The van der Waals surface area contributed by atoms with Crippen LogP contribution in [-0.2, 0) is 20.8 Å². The molecular weight excluding hydrogens is 472 g/mol. The molecule has 3 aromatic rings. The number of rotatable bonds is 11. The zero-order chi connectivity index (χ0) is 26.5. The molecule has 9 nitrogen and oxygen atoms in total. The first-order valence-electron chi connectivity index (χ1n) is 11.6. The molecule has 3 amide bonds. The van der Waals surface area contributed by atoms with Crippen molar-refractivity contribution in [2.45, 2.75) is 13.3 Å². The van der Waals surface area contributed by atoms with Gasteiger partial charge in [0.1, 0.15) is 18.1 Å². The number of amides is 3. The lowest BCUT2D eigenvalue weighted by atomic mass is 10.1. The number of benzene rings is 3. The highest BCUT2D eigenvalue weighted by Crippen LogP contribution is 2.18. The highest BCUT2D eigenvalue weighted by molar-refractivity contribution is 6.39. The van der Waals surface area contributed by atoms with E-state index in [1.165, 1.54) is 6.21 Å². The monoisotopic (exact) mass is 500 g/mol. The van der Waals surface area contributed by atoms with E-state index in [2.05, 4.69) is 27.7 Å². The number of anilines is 2. The summed E-state index contributed by atoms with van der Waals surface area (Å²) in [5, 5.41) is 9.15. The maximum absolute atomic E-state index is 12.4. The summed E-state index contributed by atoms with van der Waals surface area (Å²) in [5.41, 5.74) is 4.88. The summed E-state index contributed by atoms with van der Waals surface area (Å²) in [7, 11) is 0. The zero-order valence-corrected chi connectivity index (χ0v) is 20.4. The number of aryl methyl sites for hydroxylation is 1. The fraction of sp³-hybridized carbons (Fsp3) is 0.143. The molecule has 0 aliphatic carbocycles. The normalized spacial score (nSPS) is 10.4. The molecule has 37 heavy (non-hydrogen) atoms. The van der Waals surface area contributed by atoms with Crippen LogP contribution >= 0.6 is 0 Å². The van der Waals surface area contributed by atoms with Crippen molar-refractivity contribution >= 4 is 35.3 Å². The van der Waals surface area contributed by atoms with Crippen LogP contribution in [0.2, 0.25) is 0 Å². The number of nitrogens with zero attached hydrogens (tertiary/aromatic N) is 1. The Bertz CT molecular complexity index is 1270. The number of ether oxygens (including phenoxy) is 2. The standard InChI is InChI=1S/C28H28N4O5/c1-3-17-36-23-15-13-22(14-16-23)30-27(34)28(35)32-29-18-21-10-6-8-12-25(21)37-19-26(33)31-24-11-7-5-9-20(24)4-2/h3,5-16,18H,1,4,17,19H2,2H3,(H,30,34)(H,31,33)(H,32,35)/b29-18-. The van der Waals surface area contributed by atoms with Crippen molar-refractivity contribution in [1.82, 2.24) is 5.43 Å². The molecule has 0 unspecified atom stereocenters. The van der Waals surface area contributed by atoms with E-state index in [1.807, 2.05) is 31.2 Å². The van der Waals surface area contributed by atoms with E-state index in [0.29, 0.717) is 29.4 Å². The molecule has 0 saturated heterocycles. The Kier molecular flexibility index (Phi) is 9.98. The van der Waals surface area contributed by atoms with Crippen molar-refractivity contribution in [3.63, 3.8) is 0 Å². The molecule has 0 aliphatic heterocycles. The minimum absolute atomic E-state index is 0.213. The molecule has 9 heteroatoms. The van der Waals surface area contributed by atoms with Gasteiger partial charge in [-0.15, -0.1) is 0 Å². The second kappa shape index (κ2) is 13.8. The molecule has 3 aromatic carbocycles. The van der Waals surface area contributed by atoms with Gasteiger partial charge in [-0.2, -0.15) is 5.10 Å². The summed E-state index contributed by atoms with van der Waals surface area (Å²) < 4.78 is 11.0. The average Bonchev–Trinajstić information content (AvgIpc) is 2.92. The van der Waals surface area contributed by atoms with E-state index in [0.717, 1.165) is 17.7 Å². The summed E-state index contributed by atoms with van der Waals surface area (Å²) >= 11 is 0. The minimum atomic E-state index is -0.949. The predicted octanol–water partition coefficient (Wildman–Crippen LogP) is 3.92. The van der Waals surface area contributed by atoms with Crippen LogP contribution in [0.15, 0.2) is 90.6 Å². The molecule has 3 N–H and O–H groups in total. The first-order valence-corrected chi connectivity index (χ1v) is 11.6. The topological polar surface area (TPSA) is 118 Å². The van der Waals surface area contributed by atoms with Gasteiger partial charge >= 0.3 is 11.8 Å². The minimum Gasteiger partial charge on any atom is -0.490 e. The lowest BCUT2D eigenvalue weighted by Gasteiger charge is -2.11. The van der Waals surface area contributed by atoms with Crippen LogP contribution in [0.1, 0.15) is 18.1 Å². The van der Waals surface area contributed by atoms with Crippen molar-refractivity contribution < 1.29 is 23.9 Å². The van der Waals surface area contributed by atoms with Gasteiger partial charge in [0, 0.05) is 16.9 Å². The van der Waals surface area contributed by atoms with Gasteiger partial charge < -0.3 is 20.1 Å². The second-order valence-corrected chi connectivity index (χ2v) is 7.66. The molecule has 0 fully saturated rings. The third-order valence-corrected chi connectivity index (χ3v) is 5.01. The van der Waals surface area contributed by atoms with Crippen molar-refractivity contribution in [1.29, 1.82) is 0 Å². The molecule has 0 saturated carbocycles. The van der Waals surface area contributed by atoms with Crippen molar-refractivity contribution in [2.24, 2.45) is 5.10 Å². The van der Waals surface area contributed by atoms with Crippen LogP contribution in [0.5, 0.6) is 11.5 Å². The number of carbonyl (C=O) groups is 3. The first-order chi connectivity index (χ1) is 18.0. The van der Waals surface area contributed by atoms with Gasteiger partial charge in [-0.05, 0) is 54.4 Å². The van der Waals surface area contributed by atoms with Crippen LogP contribution in [0.4, 0.5) is 11.4 Å². The molecule has 0 atom stereocenters. The quantitative estimate of drug-likeness (QED) is 0.160. The van der Waals surface area contributed by atoms with Crippen molar-refractivity contribution in [3.05, 3.63) is 96.6 Å². The maximum atomic E-state index is 12.4. The number of nitrogens with one attached hydrogen (secondary N) is 3. The van der Waals surface area contributed by atoms with Crippen LogP contribution < -0.4 is 25.5 Å². The van der Waals surface area contributed by atoms with E-state index < -0.39 is 11.8 Å². The Morgan fingerprint density at radius 2 is 1.62 bits per heavy atom. The fourth-order valence-corrected chi connectivity index (χ4v) is 3.19. The van der Waals surface area contributed by atoms with E-state index in [-0.39, 0.29) is 12.5 Å². The maximum Gasteiger partial charge on any atom is 0.329 e. The Hall–Kier alpha value is -4.92. The molecule has 0 aromatic heterocycles. The lowest BCUT2D eigenvalue weighted by molar-refractivity contribution is -0.136. The van der Waals surface area contributed by atoms with Gasteiger partial charge in [0.15, 0.2) is 6.61 Å². The van der Waals surface area contributed by atoms with Gasteiger partial charge in [-0.3, -0.25) is 14.4 Å². The Morgan fingerprint density at radius 1 is 0.892 bits per heavy atom. The van der Waals surface area contributed by atoms with E-state index >= 15 is 0 Å². The van der Waals surface area contributed by atoms with E-state index in [1.54, 1.807) is 54.6 Å². The molecule has 190 valence electrons. The summed E-state index contributed by atoms with van der Waals surface area (Å²) in [4.78, 5) is 36.6. The zero-order valence-electron chi connectivity index (χ0n) is 20.4. The van der Waals surface area contributed by atoms with E-state index in [4.69, 9.17) is 9.47 Å². The Morgan fingerprint density at radius 3 is 2.38 bits per heavy atom. The van der Waals surface area contributed by atoms with Crippen molar-refractivity contribution in [2.75, 3.05) is 23.8 Å². The molecular formula is C28H28N4O5. The third kappa shape index (κ3) is 8.36. The van der Waals surface area contributed by atoms with Crippen molar-refractivity contribution in [3.8, 4) is 11.5 Å². The second-order valence-electron chi connectivity index (χ2n) is 7.66. The fourth-order valence-electron chi connectivity index (χ4n) is 3.19. The largest absolute Gasteiger partial charge is 0.490 e. The summed E-state index contributed by atoms with van der Waals surface area (Å²) in [6.07, 6.45) is 3.74. The molecule has 0 spiro atoms. The summed E-state index contributed by atoms with van der Waals surface area (Å²) in [6, 6.07) is 21.0. The number of para-hydroxylation sites is 2. The average molecular weight is 501 g/mol. The molecule has 0 heterocycles. The van der Waals surface area contributed by atoms with Crippen LogP contribution in [0.3, 0.4) is 0 Å². The molecule has 0 bridgehead atoms. The van der Waals surface area contributed by atoms with Crippen LogP contribution in [-0.4, -0.2) is 37.1 Å². The van der Waals surface area contributed by atoms with Gasteiger partial charge in [0.05, 0.1) is 6.21 Å². The van der Waals surface area contributed by atoms with E-state index in [9.17, 15) is 14.4 Å². The van der Waals surface area contributed by atoms with Gasteiger partial charge in [0.25, 0.3) is 5.91 Å². The Balaban J connectivity index is 1.51. The third-order valence-electron chi connectivity index (χ3n) is 5.01. The number of hydrogen-bond donors (Lipinski definition) is 3. The van der Waals surface area contributed by atoms with Gasteiger partial charge in [-0.25, -0.2) is 5.43 Å². The van der Waals surface area contributed by atoms with Crippen LogP contribution in [0.25, 0.3) is 0 Å². The SMILES string of the molecule is C=CCOc1ccc(NC(=O)C(=O)N/N=C\c2ccccc2OCC(=O)Nc2ccccc2CC)cc1. The first kappa shape index (κ1) is 26.7. The summed E-state index contributed by atoms with van der Waals surface area (Å²) in [6.45, 7) is 5.74. The molecule has 0 aliphatic rings. The predicted molar refractivity (Wildman–Crippen MR) is 143 cm³/mol. The smallest absolute Gasteiger partial charge is 0.329 e. The highest BCUT2D eigenvalue weighted by atomic mass is 16.5. The molecule has 3 rings (SSSR count). The number of hydrazone groups is 1. The van der Waals surface area contributed by atoms with Gasteiger partial charge in [0.2, 0.25) is 0 Å². The lowest BCUT2D eigenvalue weighted by Crippen LogP contribution is -2.32. The number of carbonyl (C=O) groups excluding carboxylic acids is 3. The Labute approximate surface area is 215 Å². The highest BCUT2D eigenvalue weighted by Gasteiger charge is 2.13. The summed E-state index contributed by atoms with van der Waals surface area (Å²) in [5.74, 6) is -1.14. The van der Waals surface area contributed by atoms with Gasteiger partial charge in [-0.1, -0.05) is 49.9 Å². The number of hydrogen-bond acceptors (Lipinski definition) is 6.